The van der Waals surface area contributed by atoms with Crippen LogP contribution in [0.5, 0.6) is 0 Å². The molecule has 0 saturated carbocycles. The molecule has 1 saturated heterocycles. The summed E-state index contributed by atoms with van der Waals surface area (Å²) >= 11 is 0. The Hall–Kier alpha value is -2.87. The van der Waals surface area contributed by atoms with E-state index in [0.29, 0.717) is 18.7 Å². The molecule has 1 fully saturated rings. The van der Waals surface area contributed by atoms with Crippen LogP contribution in [-0.2, 0) is 4.79 Å². The van der Waals surface area contributed by atoms with Crippen LogP contribution < -0.4 is 5.73 Å². The lowest BCUT2D eigenvalue weighted by Gasteiger charge is -2.37. The van der Waals surface area contributed by atoms with Gasteiger partial charge < -0.3 is 15.7 Å². The molecule has 1 atom stereocenters. The highest BCUT2D eigenvalue weighted by molar-refractivity contribution is 6.01. The van der Waals surface area contributed by atoms with Crippen molar-refractivity contribution in [1.82, 2.24) is 20.0 Å². The van der Waals surface area contributed by atoms with E-state index in [4.69, 9.17) is 5.73 Å². The number of nitrogens with zero attached hydrogens (tertiary/aromatic N) is 3. The molecule has 8 nitrogen and oxygen atoms in total. The van der Waals surface area contributed by atoms with Crippen LogP contribution >= 0.6 is 0 Å². The molecule has 24 heavy (non-hydrogen) atoms. The second-order valence-electron chi connectivity index (χ2n) is 5.81. The van der Waals surface area contributed by atoms with Gasteiger partial charge in [0.05, 0.1) is 5.56 Å². The predicted molar refractivity (Wildman–Crippen MR) is 88.4 cm³/mol. The summed E-state index contributed by atoms with van der Waals surface area (Å²) in [4.78, 5) is 27.5. The van der Waals surface area contributed by atoms with Crippen LogP contribution in [0.15, 0.2) is 30.3 Å². The fourth-order valence-electron chi connectivity index (χ4n) is 2.89. The molecule has 0 aliphatic carbocycles. The van der Waals surface area contributed by atoms with Gasteiger partial charge in [0.25, 0.3) is 5.91 Å². The van der Waals surface area contributed by atoms with Crippen LogP contribution in [0.4, 0.5) is 5.82 Å². The number of aliphatic carboxylic acids is 1. The second kappa shape index (κ2) is 6.32. The van der Waals surface area contributed by atoms with Gasteiger partial charge in [-0.05, 0) is 12.6 Å². The highest BCUT2D eigenvalue weighted by Crippen LogP contribution is 2.28. The number of benzene rings is 1. The van der Waals surface area contributed by atoms with Gasteiger partial charge in [-0.15, -0.1) is 0 Å². The van der Waals surface area contributed by atoms with Gasteiger partial charge in [-0.25, -0.2) is 0 Å². The molecule has 8 heteroatoms. The molecule has 1 aromatic heterocycles. The molecule has 126 valence electrons. The molecule has 0 spiro atoms. The summed E-state index contributed by atoms with van der Waals surface area (Å²) < 4.78 is 0. The fraction of sp³-hybridized carbons (Fsp3) is 0.312. The Kier molecular flexibility index (Phi) is 4.22. The number of carboxylic acids is 1. The average molecular weight is 329 g/mol. The summed E-state index contributed by atoms with van der Waals surface area (Å²) in [5, 5.41) is 15.9. The van der Waals surface area contributed by atoms with E-state index in [9.17, 15) is 14.7 Å². The van der Waals surface area contributed by atoms with Crippen LogP contribution in [0.3, 0.4) is 0 Å². The van der Waals surface area contributed by atoms with Gasteiger partial charge in [-0.2, -0.15) is 5.10 Å². The molecule has 3 rings (SSSR count). The lowest BCUT2D eigenvalue weighted by molar-refractivity contribution is -0.144. The van der Waals surface area contributed by atoms with E-state index in [2.05, 4.69) is 10.2 Å². The molecular formula is C16H19N5O3. The minimum Gasteiger partial charge on any atom is -0.480 e. The number of amides is 1. The van der Waals surface area contributed by atoms with Crippen molar-refractivity contribution in [1.29, 1.82) is 0 Å². The summed E-state index contributed by atoms with van der Waals surface area (Å²) in [6.07, 6.45) is 0. The number of nitrogen functional groups attached to an aromatic ring is 1. The van der Waals surface area contributed by atoms with E-state index < -0.39 is 12.0 Å². The molecule has 2 heterocycles. The third-order valence-corrected chi connectivity index (χ3v) is 4.29. The maximum Gasteiger partial charge on any atom is 0.322 e. The number of aromatic amines is 1. The van der Waals surface area contributed by atoms with E-state index >= 15 is 0 Å². The molecule has 0 bridgehead atoms. The van der Waals surface area contributed by atoms with E-state index in [-0.39, 0.29) is 24.0 Å². The van der Waals surface area contributed by atoms with Gasteiger partial charge in [0.2, 0.25) is 0 Å². The van der Waals surface area contributed by atoms with Gasteiger partial charge in [0.1, 0.15) is 11.7 Å². The Morgan fingerprint density at radius 3 is 2.67 bits per heavy atom. The molecule has 1 amide bonds. The Morgan fingerprint density at radius 1 is 1.29 bits per heavy atom. The van der Waals surface area contributed by atoms with E-state index in [0.717, 1.165) is 5.56 Å². The summed E-state index contributed by atoms with van der Waals surface area (Å²) in [6, 6.07) is 8.56. The first kappa shape index (κ1) is 16.0. The van der Waals surface area contributed by atoms with Gasteiger partial charge in [0.15, 0.2) is 5.82 Å². The first-order valence-corrected chi connectivity index (χ1v) is 7.60. The van der Waals surface area contributed by atoms with Crippen LogP contribution in [-0.4, -0.2) is 69.7 Å². The number of carboxylic acid groups (broad SMARTS) is 1. The van der Waals surface area contributed by atoms with Gasteiger partial charge in [0, 0.05) is 19.6 Å². The number of hydrogen-bond donors (Lipinski definition) is 3. The lowest BCUT2D eigenvalue weighted by atomic mass is 10.0. The number of likely N-dealkylation sites (N-methyl/N-ethyl adjacent to an activating group) is 1. The number of hydrogen-bond acceptors (Lipinski definition) is 5. The standard InChI is InChI=1S/C16H19N5O3/c1-20-7-8-21(9-11(20)16(23)24)15(22)13-12(14(17)19-18-13)10-5-3-2-4-6-10/h2-6,11H,7-9H2,1H3,(H,23,24)(H3,17,18,19)/t11-/m1/s1. The Morgan fingerprint density at radius 2 is 2.00 bits per heavy atom. The topological polar surface area (TPSA) is 116 Å². The average Bonchev–Trinajstić information content (AvgIpc) is 2.96. The number of aromatic nitrogens is 2. The lowest BCUT2D eigenvalue weighted by Crippen LogP contribution is -2.56. The normalized spacial score (nSPS) is 18.5. The van der Waals surface area contributed by atoms with Crippen molar-refractivity contribution >= 4 is 17.7 Å². The Balaban J connectivity index is 1.90. The van der Waals surface area contributed by atoms with E-state index in [1.165, 1.54) is 4.90 Å². The Bertz CT molecular complexity index is 758. The highest BCUT2D eigenvalue weighted by Gasteiger charge is 2.34. The third-order valence-electron chi connectivity index (χ3n) is 4.29. The summed E-state index contributed by atoms with van der Waals surface area (Å²) in [5.41, 5.74) is 7.54. The number of carbonyl (C=O) groups is 2. The number of carbonyl (C=O) groups excluding carboxylic acids is 1. The second-order valence-corrected chi connectivity index (χ2v) is 5.81. The molecule has 2 aromatic rings. The molecule has 0 unspecified atom stereocenters. The van der Waals surface area contributed by atoms with Crippen LogP contribution in [0.2, 0.25) is 0 Å². The monoisotopic (exact) mass is 329 g/mol. The number of rotatable bonds is 3. The summed E-state index contributed by atoms with van der Waals surface area (Å²) in [6.45, 7) is 1.07. The van der Waals surface area contributed by atoms with E-state index in [1.54, 1.807) is 11.9 Å². The van der Waals surface area contributed by atoms with Gasteiger partial charge in [-0.3, -0.25) is 19.6 Å². The number of anilines is 1. The quantitative estimate of drug-likeness (QED) is 0.755. The highest BCUT2D eigenvalue weighted by atomic mass is 16.4. The number of nitrogens with two attached hydrogens (primary N) is 1. The van der Waals surface area contributed by atoms with Crippen LogP contribution in [0.25, 0.3) is 11.1 Å². The summed E-state index contributed by atoms with van der Waals surface area (Å²) in [5.74, 6) is -0.992. The smallest absolute Gasteiger partial charge is 0.322 e. The maximum atomic E-state index is 12.9. The Labute approximate surface area is 138 Å². The zero-order valence-corrected chi connectivity index (χ0v) is 13.3. The molecule has 0 radical (unpaired) electrons. The van der Waals surface area contributed by atoms with E-state index in [1.807, 2.05) is 30.3 Å². The minimum absolute atomic E-state index is 0.123. The van der Waals surface area contributed by atoms with Crippen molar-refractivity contribution in [2.75, 3.05) is 32.4 Å². The molecule has 1 aromatic carbocycles. The SMILES string of the molecule is CN1CCN(C(=O)c2[nH]nc(N)c2-c2ccccc2)C[C@@H]1C(=O)O. The van der Waals surface area contributed by atoms with Crippen molar-refractivity contribution in [3.63, 3.8) is 0 Å². The number of piperazine rings is 1. The minimum atomic E-state index is -0.942. The van der Waals surface area contributed by atoms with Gasteiger partial charge >= 0.3 is 5.97 Å². The predicted octanol–water partition coefficient (Wildman–Crippen LogP) is 0.500. The van der Waals surface area contributed by atoms with Crippen LogP contribution in [0, 0.1) is 0 Å². The zero-order chi connectivity index (χ0) is 17.3. The van der Waals surface area contributed by atoms with Crippen molar-refractivity contribution in [3.8, 4) is 11.1 Å². The fourth-order valence-corrected chi connectivity index (χ4v) is 2.89. The van der Waals surface area contributed by atoms with Crippen molar-refractivity contribution in [2.45, 2.75) is 6.04 Å². The number of nitrogens with one attached hydrogen (secondary N) is 1. The first-order chi connectivity index (χ1) is 11.5. The largest absolute Gasteiger partial charge is 0.480 e. The van der Waals surface area contributed by atoms with Crippen molar-refractivity contribution < 1.29 is 14.7 Å². The molecule has 1 aliphatic heterocycles. The molecular weight excluding hydrogens is 310 g/mol. The number of H-pyrrole nitrogens is 1. The van der Waals surface area contributed by atoms with Crippen LogP contribution in [0.1, 0.15) is 10.5 Å². The zero-order valence-electron chi connectivity index (χ0n) is 13.3. The molecule has 4 N–H and O–H groups in total. The van der Waals surface area contributed by atoms with Crippen molar-refractivity contribution in [3.05, 3.63) is 36.0 Å². The van der Waals surface area contributed by atoms with Crippen molar-refractivity contribution in [2.24, 2.45) is 0 Å². The first-order valence-electron chi connectivity index (χ1n) is 7.60. The summed E-state index contributed by atoms with van der Waals surface area (Å²) in [7, 11) is 1.74. The maximum absolute atomic E-state index is 12.9. The third kappa shape index (κ3) is 2.83. The molecule has 1 aliphatic rings. The van der Waals surface area contributed by atoms with Gasteiger partial charge in [-0.1, -0.05) is 30.3 Å².